The Hall–Kier alpha value is -1.58. The van der Waals surface area contributed by atoms with E-state index in [2.05, 4.69) is 0 Å². The lowest BCUT2D eigenvalue weighted by molar-refractivity contribution is 0.0694. The van der Waals surface area contributed by atoms with Crippen molar-refractivity contribution < 1.29 is 14.3 Å². The number of carboxylic acids is 1. The van der Waals surface area contributed by atoms with Gasteiger partial charge in [0.25, 0.3) is 0 Å². The molecule has 0 atom stereocenters. The van der Waals surface area contributed by atoms with Crippen molar-refractivity contribution in [2.24, 2.45) is 5.41 Å². The Morgan fingerprint density at radius 2 is 1.89 bits per heavy atom. The maximum absolute atomic E-state index is 13.9. The molecule has 1 saturated carbocycles. The number of anilines is 1. The van der Waals surface area contributed by atoms with E-state index in [9.17, 15) is 9.18 Å². The number of para-hydroxylation sites is 1. The minimum absolute atomic E-state index is 0.0747. The van der Waals surface area contributed by atoms with E-state index in [1.807, 2.05) is 4.90 Å². The predicted octanol–water partition coefficient (Wildman–Crippen LogP) is 3.29. The summed E-state index contributed by atoms with van der Waals surface area (Å²) in [5.41, 5.74) is 0.660. The molecule has 0 bridgehead atoms. The van der Waals surface area contributed by atoms with Crippen LogP contribution in [-0.2, 0) is 0 Å². The van der Waals surface area contributed by atoms with Gasteiger partial charge in [0.2, 0.25) is 0 Å². The molecule has 1 aliphatic heterocycles. The Morgan fingerprint density at radius 1 is 1.21 bits per heavy atom. The van der Waals surface area contributed by atoms with Gasteiger partial charge in [-0.05, 0) is 25.0 Å². The summed E-state index contributed by atoms with van der Waals surface area (Å²) < 4.78 is 13.9. The zero-order valence-electron chi connectivity index (χ0n) is 10.9. The van der Waals surface area contributed by atoms with Crippen LogP contribution in [0.25, 0.3) is 0 Å². The molecule has 1 N–H and O–H groups in total. The standard InChI is InChI=1S/C15H18FNO2/c16-12-6-4-5-11(14(18)19)13(12)17-9-15(10-17)7-2-1-3-8-15/h4-6H,1-3,7-10H2,(H,18,19). The van der Waals surface area contributed by atoms with Crippen molar-refractivity contribution in [2.75, 3.05) is 18.0 Å². The third kappa shape index (κ3) is 2.09. The molecule has 1 aromatic rings. The zero-order chi connectivity index (χ0) is 13.5. The van der Waals surface area contributed by atoms with E-state index in [1.165, 1.54) is 50.3 Å². The number of rotatable bonds is 2. The van der Waals surface area contributed by atoms with Crippen molar-refractivity contribution in [1.29, 1.82) is 0 Å². The molecule has 1 spiro atoms. The van der Waals surface area contributed by atoms with E-state index in [-0.39, 0.29) is 11.3 Å². The first kappa shape index (κ1) is 12.5. The highest BCUT2D eigenvalue weighted by Crippen LogP contribution is 2.46. The second-order valence-electron chi connectivity index (χ2n) is 5.86. The van der Waals surface area contributed by atoms with Crippen LogP contribution in [0.1, 0.15) is 42.5 Å². The van der Waals surface area contributed by atoms with Crippen LogP contribution in [-0.4, -0.2) is 24.2 Å². The molecule has 0 radical (unpaired) electrons. The molecule has 0 aromatic heterocycles. The van der Waals surface area contributed by atoms with Gasteiger partial charge in [-0.3, -0.25) is 0 Å². The largest absolute Gasteiger partial charge is 0.478 e. The minimum atomic E-state index is -1.06. The molecule has 1 aromatic carbocycles. The third-order valence-corrected chi connectivity index (χ3v) is 4.50. The lowest BCUT2D eigenvalue weighted by Gasteiger charge is -2.53. The Morgan fingerprint density at radius 3 is 2.53 bits per heavy atom. The van der Waals surface area contributed by atoms with E-state index in [0.717, 1.165) is 13.1 Å². The molecular formula is C15H18FNO2. The zero-order valence-corrected chi connectivity index (χ0v) is 10.9. The summed E-state index contributed by atoms with van der Waals surface area (Å²) in [6.07, 6.45) is 6.18. The number of hydrogen-bond acceptors (Lipinski definition) is 2. The molecule has 1 aliphatic carbocycles. The van der Waals surface area contributed by atoms with Gasteiger partial charge in [0.05, 0.1) is 11.3 Å². The van der Waals surface area contributed by atoms with Crippen molar-refractivity contribution in [3.8, 4) is 0 Å². The first-order valence-corrected chi connectivity index (χ1v) is 6.88. The normalized spacial score (nSPS) is 21.2. The van der Waals surface area contributed by atoms with Crippen LogP contribution in [0.5, 0.6) is 0 Å². The summed E-state index contributed by atoms with van der Waals surface area (Å²) in [5, 5.41) is 9.17. The third-order valence-electron chi connectivity index (χ3n) is 4.50. The van der Waals surface area contributed by atoms with Crippen LogP contribution in [0.4, 0.5) is 10.1 Å². The van der Waals surface area contributed by atoms with E-state index in [4.69, 9.17) is 5.11 Å². The molecule has 2 fully saturated rings. The molecular weight excluding hydrogens is 245 g/mol. The fourth-order valence-electron chi connectivity index (χ4n) is 3.55. The van der Waals surface area contributed by atoms with E-state index < -0.39 is 11.8 Å². The maximum atomic E-state index is 13.9. The summed E-state index contributed by atoms with van der Waals surface area (Å²) in [7, 11) is 0. The second kappa shape index (κ2) is 4.51. The Kier molecular flexibility index (Phi) is 2.96. The van der Waals surface area contributed by atoms with Gasteiger partial charge in [0.15, 0.2) is 0 Å². The van der Waals surface area contributed by atoms with E-state index >= 15 is 0 Å². The molecule has 2 aliphatic rings. The predicted molar refractivity (Wildman–Crippen MR) is 71.1 cm³/mol. The highest BCUT2D eigenvalue weighted by molar-refractivity contribution is 5.94. The van der Waals surface area contributed by atoms with Crippen molar-refractivity contribution in [3.63, 3.8) is 0 Å². The van der Waals surface area contributed by atoms with Crippen LogP contribution in [0.3, 0.4) is 0 Å². The topological polar surface area (TPSA) is 40.5 Å². The maximum Gasteiger partial charge on any atom is 0.337 e. The Balaban J connectivity index is 1.83. The molecule has 19 heavy (non-hydrogen) atoms. The number of halogens is 1. The van der Waals surface area contributed by atoms with Crippen molar-refractivity contribution in [3.05, 3.63) is 29.6 Å². The number of carboxylic acid groups (broad SMARTS) is 1. The molecule has 102 valence electrons. The van der Waals surface area contributed by atoms with Crippen molar-refractivity contribution in [1.82, 2.24) is 0 Å². The van der Waals surface area contributed by atoms with Crippen molar-refractivity contribution in [2.45, 2.75) is 32.1 Å². The molecule has 3 rings (SSSR count). The fraction of sp³-hybridized carbons (Fsp3) is 0.533. The molecule has 3 nitrogen and oxygen atoms in total. The Bertz CT molecular complexity index is 501. The molecule has 0 unspecified atom stereocenters. The Labute approximate surface area is 112 Å². The van der Waals surface area contributed by atoms with Crippen LogP contribution < -0.4 is 4.90 Å². The number of aromatic carboxylic acids is 1. The monoisotopic (exact) mass is 263 g/mol. The van der Waals surface area contributed by atoms with Gasteiger partial charge in [-0.1, -0.05) is 25.3 Å². The first-order chi connectivity index (χ1) is 9.11. The lowest BCUT2D eigenvalue weighted by atomic mass is 9.68. The van der Waals surface area contributed by atoms with Crippen LogP contribution in [0, 0.1) is 11.2 Å². The van der Waals surface area contributed by atoms with Gasteiger partial charge in [-0.2, -0.15) is 0 Å². The molecule has 1 heterocycles. The van der Waals surface area contributed by atoms with Crippen molar-refractivity contribution >= 4 is 11.7 Å². The lowest BCUT2D eigenvalue weighted by Crippen LogP contribution is -2.57. The average Bonchev–Trinajstić information content (AvgIpc) is 2.36. The van der Waals surface area contributed by atoms with Gasteiger partial charge in [-0.15, -0.1) is 0 Å². The van der Waals surface area contributed by atoms with Crippen LogP contribution >= 0.6 is 0 Å². The summed E-state index contributed by atoms with van der Waals surface area (Å²) in [6.45, 7) is 1.60. The van der Waals surface area contributed by atoms with Gasteiger partial charge < -0.3 is 10.0 Å². The molecule has 1 saturated heterocycles. The van der Waals surface area contributed by atoms with Gasteiger partial charge in [0, 0.05) is 18.5 Å². The number of nitrogens with zero attached hydrogens (tertiary/aromatic N) is 1. The minimum Gasteiger partial charge on any atom is -0.478 e. The summed E-state index contributed by atoms with van der Waals surface area (Å²) in [4.78, 5) is 13.1. The smallest absolute Gasteiger partial charge is 0.337 e. The summed E-state index contributed by atoms with van der Waals surface area (Å²) in [5.74, 6) is -1.48. The number of benzene rings is 1. The second-order valence-corrected chi connectivity index (χ2v) is 5.86. The van der Waals surface area contributed by atoms with Gasteiger partial charge >= 0.3 is 5.97 Å². The molecule has 0 amide bonds. The highest BCUT2D eigenvalue weighted by Gasteiger charge is 2.44. The number of hydrogen-bond donors (Lipinski definition) is 1. The van der Waals surface area contributed by atoms with E-state index in [1.54, 1.807) is 0 Å². The summed E-state index contributed by atoms with van der Waals surface area (Å²) in [6, 6.07) is 4.28. The van der Waals surface area contributed by atoms with E-state index in [0.29, 0.717) is 5.41 Å². The first-order valence-electron chi connectivity index (χ1n) is 6.88. The highest BCUT2D eigenvalue weighted by atomic mass is 19.1. The van der Waals surface area contributed by atoms with Crippen LogP contribution in [0.15, 0.2) is 18.2 Å². The fourth-order valence-corrected chi connectivity index (χ4v) is 3.55. The average molecular weight is 263 g/mol. The number of carbonyl (C=O) groups is 1. The SMILES string of the molecule is O=C(O)c1cccc(F)c1N1CC2(CCCCC2)C1. The summed E-state index contributed by atoms with van der Waals surface area (Å²) >= 11 is 0. The van der Waals surface area contributed by atoms with Crippen LogP contribution in [0.2, 0.25) is 0 Å². The quantitative estimate of drug-likeness (QED) is 0.890. The van der Waals surface area contributed by atoms with Gasteiger partial charge in [-0.25, -0.2) is 9.18 Å². The van der Waals surface area contributed by atoms with Gasteiger partial charge in [0.1, 0.15) is 5.82 Å². The molecule has 4 heteroatoms.